The molecule has 0 radical (unpaired) electrons. The third-order valence-electron chi connectivity index (χ3n) is 6.16. The van der Waals surface area contributed by atoms with Crippen LogP contribution in [0.1, 0.15) is 79.1 Å². The lowest BCUT2D eigenvalue weighted by Gasteiger charge is -2.51. The summed E-state index contributed by atoms with van der Waals surface area (Å²) in [5.41, 5.74) is -0.361. The van der Waals surface area contributed by atoms with Crippen LogP contribution in [0.25, 0.3) is 0 Å². The van der Waals surface area contributed by atoms with Crippen LogP contribution in [0.3, 0.4) is 0 Å². The second kappa shape index (κ2) is 6.16. The highest BCUT2D eigenvalue weighted by molar-refractivity contribution is 4.99. The van der Waals surface area contributed by atoms with Crippen molar-refractivity contribution in [1.82, 2.24) is 0 Å². The van der Waals surface area contributed by atoms with E-state index in [0.29, 0.717) is 23.7 Å². The maximum absolute atomic E-state index is 11.5. The SMILES string of the molecule is CCC1CCCC(C2(O)CC(C)CCC2C(C)C)C1. The zero-order valence-electron chi connectivity index (χ0n) is 13.5. The fourth-order valence-corrected chi connectivity index (χ4v) is 5.02. The van der Waals surface area contributed by atoms with Crippen LogP contribution in [0.15, 0.2) is 0 Å². The highest BCUT2D eigenvalue weighted by atomic mass is 16.3. The van der Waals surface area contributed by atoms with E-state index in [1.54, 1.807) is 0 Å². The summed E-state index contributed by atoms with van der Waals surface area (Å²) in [6.45, 7) is 9.28. The highest BCUT2D eigenvalue weighted by Gasteiger charge is 2.48. The second-order valence-electron chi connectivity index (χ2n) is 7.87. The molecule has 0 saturated heterocycles. The Balaban J connectivity index is 2.15. The number of hydrogen-bond donors (Lipinski definition) is 1. The van der Waals surface area contributed by atoms with Crippen LogP contribution in [-0.2, 0) is 0 Å². The predicted molar refractivity (Wildman–Crippen MR) is 82.0 cm³/mol. The van der Waals surface area contributed by atoms with Gasteiger partial charge in [0.2, 0.25) is 0 Å². The smallest absolute Gasteiger partial charge is 0.0708 e. The van der Waals surface area contributed by atoms with Crippen LogP contribution < -0.4 is 0 Å². The molecule has 1 nitrogen and oxygen atoms in total. The van der Waals surface area contributed by atoms with E-state index >= 15 is 0 Å². The summed E-state index contributed by atoms with van der Waals surface area (Å²) >= 11 is 0. The van der Waals surface area contributed by atoms with Crippen molar-refractivity contribution in [3.8, 4) is 0 Å². The van der Waals surface area contributed by atoms with Crippen LogP contribution >= 0.6 is 0 Å². The van der Waals surface area contributed by atoms with Gasteiger partial charge in [0.1, 0.15) is 0 Å². The van der Waals surface area contributed by atoms with Gasteiger partial charge < -0.3 is 5.11 Å². The quantitative estimate of drug-likeness (QED) is 0.760. The molecule has 0 aromatic rings. The largest absolute Gasteiger partial charge is 0.389 e. The second-order valence-corrected chi connectivity index (χ2v) is 7.87. The van der Waals surface area contributed by atoms with E-state index in [2.05, 4.69) is 27.7 Å². The van der Waals surface area contributed by atoms with Crippen LogP contribution in [0, 0.1) is 29.6 Å². The van der Waals surface area contributed by atoms with Gasteiger partial charge in [0, 0.05) is 0 Å². The summed E-state index contributed by atoms with van der Waals surface area (Å²) in [4.78, 5) is 0. The first-order chi connectivity index (χ1) is 8.97. The van der Waals surface area contributed by atoms with Crippen LogP contribution in [0.4, 0.5) is 0 Å². The molecule has 0 heterocycles. The van der Waals surface area contributed by atoms with Crippen LogP contribution in [0.2, 0.25) is 0 Å². The van der Waals surface area contributed by atoms with Crippen molar-refractivity contribution in [2.24, 2.45) is 29.6 Å². The monoisotopic (exact) mass is 266 g/mol. The standard InChI is InChI=1S/C18H34O/c1-5-15-7-6-8-16(11-15)18(19)12-14(4)9-10-17(18)13(2)3/h13-17,19H,5-12H2,1-4H3. The average molecular weight is 266 g/mol. The summed E-state index contributed by atoms with van der Waals surface area (Å²) in [6.07, 6.45) is 10.2. The lowest BCUT2D eigenvalue weighted by molar-refractivity contribution is -0.134. The Kier molecular flexibility index (Phi) is 4.98. The maximum Gasteiger partial charge on any atom is 0.0708 e. The Morgan fingerprint density at radius 3 is 2.53 bits per heavy atom. The van der Waals surface area contributed by atoms with E-state index in [9.17, 15) is 5.11 Å². The molecule has 2 rings (SSSR count). The third kappa shape index (κ3) is 3.17. The third-order valence-corrected chi connectivity index (χ3v) is 6.16. The Morgan fingerprint density at radius 1 is 1.16 bits per heavy atom. The zero-order chi connectivity index (χ0) is 14.0. The van der Waals surface area contributed by atoms with Crippen molar-refractivity contribution < 1.29 is 5.11 Å². The molecule has 0 aromatic carbocycles. The van der Waals surface area contributed by atoms with E-state index in [1.165, 1.54) is 44.9 Å². The lowest BCUT2D eigenvalue weighted by atomic mass is 9.58. The van der Waals surface area contributed by atoms with Gasteiger partial charge >= 0.3 is 0 Å². The molecule has 0 amide bonds. The zero-order valence-corrected chi connectivity index (χ0v) is 13.5. The molecule has 1 N–H and O–H groups in total. The van der Waals surface area contributed by atoms with Gasteiger partial charge in [0.05, 0.1) is 5.60 Å². The first-order valence-corrected chi connectivity index (χ1v) is 8.69. The fraction of sp³-hybridized carbons (Fsp3) is 1.00. The molecular formula is C18H34O. The number of hydrogen-bond acceptors (Lipinski definition) is 1. The van der Waals surface area contributed by atoms with Gasteiger partial charge in [0.15, 0.2) is 0 Å². The van der Waals surface area contributed by atoms with Crippen LogP contribution in [-0.4, -0.2) is 10.7 Å². The van der Waals surface area contributed by atoms with Crippen molar-refractivity contribution in [2.45, 2.75) is 84.7 Å². The predicted octanol–water partition coefficient (Wildman–Crippen LogP) is 5.03. The van der Waals surface area contributed by atoms with Gasteiger partial charge in [-0.05, 0) is 55.3 Å². The molecule has 112 valence electrons. The normalized spacial score (nSPS) is 44.5. The average Bonchev–Trinajstić information content (AvgIpc) is 2.38. The molecule has 5 atom stereocenters. The molecule has 19 heavy (non-hydrogen) atoms. The van der Waals surface area contributed by atoms with Gasteiger partial charge in [-0.25, -0.2) is 0 Å². The van der Waals surface area contributed by atoms with E-state index in [0.717, 1.165) is 12.3 Å². The Morgan fingerprint density at radius 2 is 1.89 bits per heavy atom. The summed E-state index contributed by atoms with van der Waals surface area (Å²) in [6, 6.07) is 0. The minimum atomic E-state index is -0.361. The molecule has 1 heteroatoms. The van der Waals surface area contributed by atoms with Gasteiger partial charge in [0.25, 0.3) is 0 Å². The molecule has 2 aliphatic carbocycles. The van der Waals surface area contributed by atoms with Crippen molar-refractivity contribution >= 4 is 0 Å². The summed E-state index contributed by atoms with van der Waals surface area (Å²) in [7, 11) is 0. The number of rotatable bonds is 3. The minimum Gasteiger partial charge on any atom is -0.389 e. The van der Waals surface area contributed by atoms with Gasteiger partial charge in [-0.2, -0.15) is 0 Å². The van der Waals surface area contributed by atoms with Crippen LogP contribution in [0.5, 0.6) is 0 Å². The van der Waals surface area contributed by atoms with Crippen molar-refractivity contribution in [3.63, 3.8) is 0 Å². The molecular weight excluding hydrogens is 232 g/mol. The molecule has 2 aliphatic rings. The van der Waals surface area contributed by atoms with Crippen molar-refractivity contribution in [2.75, 3.05) is 0 Å². The molecule has 0 aromatic heterocycles. The van der Waals surface area contributed by atoms with E-state index in [4.69, 9.17) is 0 Å². The van der Waals surface area contributed by atoms with E-state index in [1.807, 2.05) is 0 Å². The first kappa shape index (κ1) is 15.4. The number of aliphatic hydroxyl groups is 1. The van der Waals surface area contributed by atoms with E-state index < -0.39 is 0 Å². The summed E-state index contributed by atoms with van der Waals surface area (Å²) < 4.78 is 0. The Labute approximate surface area is 120 Å². The molecule has 0 aliphatic heterocycles. The van der Waals surface area contributed by atoms with Gasteiger partial charge in [-0.3, -0.25) is 0 Å². The van der Waals surface area contributed by atoms with Gasteiger partial charge in [-0.1, -0.05) is 53.4 Å². The Hall–Kier alpha value is -0.0400. The van der Waals surface area contributed by atoms with Gasteiger partial charge in [-0.15, -0.1) is 0 Å². The molecule has 0 bridgehead atoms. The summed E-state index contributed by atoms with van der Waals surface area (Å²) in [5, 5.41) is 11.5. The fourth-order valence-electron chi connectivity index (χ4n) is 5.02. The first-order valence-electron chi connectivity index (χ1n) is 8.69. The molecule has 2 saturated carbocycles. The minimum absolute atomic E-state index is 0.361. The van der Waals surface area contributed by atoms with Crippen molar-refractivity contribution in [1.29, 1.82) is 0 Å². The van der Waals surface area contributed by atoms with E-state index in [-0.39, 0.29) is 5.60 Å². The van der Waals surface area contributed by atoms with Crippen molar-refractivity contribution in [3.05, 3.63) is 0 Å². The highest BCUT2D eigenvalue weighted by Crippen LogP contribution is 2.50. The lowest BCUT2D eigenvalue weighted by Crippen LogP contribution is -2.52. The topological polar surface area (TPSA) is 20.2 Å². The summed E-state index contributed by atoms with van der Waals surface area (Å²) in [5.74, 6) is 3.31. The molecule has 0 spiro atoms. The molecule has 2 fully saturated rings. The maximum atomic E-state index is 11.5. The molecule has 5 unspecified atom stereocenters. The Bertz CT molecular complexity index is 285.